The number of likely N-dealkylation sites (tertiary alicyclic amines) is 1. The molecule has 0 N–H and O–H groups in total. The number of hydrogen-bond acceptors (Lipinski definition) is 4. The summed E-state index contributed by atoms with van der Waals surface area (Å²) in [6, 6.07) is 9.26. The Morgan fingerprint density at radius 1 is 1.38 bits per heavy atom. The van der Waals surface area contributed by atoms with E-state index >= 15 is 0 Å². The summed E-state index contributed by atoms with van der Waals surface area (Å²) >= 11 is 0. The van der Waals surface area contributed by atoms with Gasteiger partial charge in [-0.25, -0.2) is 0 Å². The number of hydrogen-bond donors (Lipinski definition) is 0. The Kier molecular flexibility index (Phi) is 5.32. The van der Waals surface area contributed by atoms with Crippen molar-refractivity contribution in [3.05, 3.63) is 35.4 Å². The van der Waals surface area contributed by atoms with Crippen molar-refractivity contribution in [2.45, 2.75) is 25.0 Å². The molecule has 0 radical (unpaired) electrons. The maximum atomic E-state index is 12.5. The minimum Gasteiger partial charge on any atom is -0.383 e. The highest BCUT2D eigenvalue weighted by atomic mass is 16.5. The molecule has 21 heavy (non-hydrogen) atoms. The number of benzene rings is 1. The Morgan fingerprint density at radius 2 is 2.10 bits per heavy atom. The summed E-state index contributed by atoms with van der Waals surface area (Å²) in [5.74, 6) is 0.0707. The normalized spacial score (nSPS) is 21.3. The van der Waals surface area contributed by atoms with Crippen molar-refractivity contribution in [1.82, 2.24) is 4.90 Å². The van der Waals surface area contributed by atoms with E-state index in [1.807, 2.05) is 17.0 Å². The van der Waals surface area contributed by atoms with Gasteiger partial charge in [0.1, 0.15) is 0 Å². The third-order valence-corrected chi connectivity index (χ3v) is 3.83. The monoisotopic (exact) mass is 288 g/mol. The van der Waals surface area contributed by atoms with E-state index in [4.69, 9.17) is 14.7 Å². The zero-order valence-electron chi connectivity index (χ0n) is 12.4. The first-order valence-electron chi connectivity index (χ1n) is 6.98. The molecule has 1 aromatic rings. The Bertz CT molecular complexity index is 521. The van der Waals surface area contributed by atoms with E-state index in [1.165, 1.54) is 0 Å². The number of carbonyl (C=O) groups is 1. The van der Waals surface area contributed by atoms with E-state index in [-0.39, 0.29) is 18.1 Å². The quantitative estimate of drug-likeness (QED) is 0.821. The standard InChI is InChI=1S/C16H20N2O3/c1-20-11-14-8-15(21-2)10-18(14)16(19)7-12-3-5-13(9-17)6-4-12/h3-6,14-15H,7-8,10-11H2,1-2H3/t14-,15-/m0/s1. The molecular formula is C16H20N2O3. The fourth-order valence-electron chi connectivity index (χ4n) is 2.67. The summed E-state index contributed by atoms with van der Waals surface area (Å²) in [7, 11) is 3.31. The maximum absolute atomic E-state index is 12.5. The number of nitriles is 1. The van der Waals surface area contributed by atoms with Crippen molar-refractivity contribution in [3.8, 4) is 6.07 Å². The van der Waals surface area contributed by atoms with Crippen LogP contribution in [0.3, 0.4) is 0 Å². The van der Waals surface area contributed by atoms with Crippen molar-refractivity contribution in [1.29, 1.82) is 5.26 Å². The Morgan fingerprint density at radius 3 is 2.67 bits per heavy atom. The van der Waals surface area contributed by atoms with Crippen molar-refractivity contribution in [2.24, 2.45) is 0 Å². The molecule has 1 amide bonds. The van der Waals surface area contributed by atoms with Crippen LogP contribution in [-0.4, -0.2) is 50.3 Å². The van der Waals surface area contributed by atoms with E-state index in [2.05, 4.69) is 6.07 Å². The van der Waals surface area contributed by atoms with Gasteiger partial charge < -0.3 is 14.4 Å². The predicted molar refractivity (Wildman–Crippen MR) is 77.7 cm³/mol. The highest BCUT2D eigenvalue weighted by Crippen LogP contribution is 2.21. The van der Waals surface area contributed by atoms with E-state index in [9.17, 15) is 4.79 Å². The number of methoxy groups -OCH3 is 2. The first-order valence-corrected chi connectivity index (χ1v) is 6.98. The van der Waals surface area contributed by atoms with E-state index < -0.39 is 0 Å². The molecule has 0 saturated carbocycles. The van der Waals surface area contributed by atoms with Crippen LogP contribution in [0, 0.1) is 11.3 Å². The molecule has 0 spiro atoms. The minimum absolute atomic E-state index is 0.0707. The molecule has 0 unspecified atom stereocenters. The van der Waals surface area contributed by atoms with Crippen LogP contribution in [0.4, 0.5) is 0 Å². The van der Waals surface area contributed by atoms with Gasteiger partial charge in [0.05, 0.1) is 36.8 Å². The summed E-state index contributed by atoms with van der Waals surface area (Å²) in [6.07, 6.45) is 1.22. The van der Waals surface area contributed by atoms with Crippen LogP contribution in [-0.2, 0) is 20.7 Å². The molecule has 1 aliphatic heterocycles. The fourth-order valence-corrected chi connectivity index (χ4v) is 2.67. The van der Waals surface area contributed by atoms with Gasteiger partial charge in [0.2, 0.25) is 5.91 Å². The van der Waals surface area contributed by atoms with Gasteiger partial charge in [0.15, 0.2) is 0 Å². The lowest BCUT2D eigenvalue weighted by Gasteiger charge is -2.23. The fraction of sp³-hybridized carbons (Fsp3) is 0.500. The van der Waals surface area contributed by atoms with Gasteiger partial charge in [0, 0.05) is 20.8 Å². The lowest BCUT2D eigenvalue weighted by molar-refractivity contribution is -0.132. The van der Waals surface area contributed by atoms with E-state index in [0.29, 0.717) is 25.1 Å². The Hall–Kier alpha value is -1.90. The summed E-state index contributed by atoms with van der Waals surface area (Å²) in [5, 5.41) is 8.78. The summed E-state index contributed by atoms with van der Waals surface area (Å²) in [4.78, 5) is 14.3. The molecule has 0 bridgehead atoms. The number of carbonyl (C=O) groups excluding carboxylic acids is 1. The SMILES string of the molecule is COC[C@@H]1C[C@H](OC)CN1C(=O)Cc1ccc(C#N)cc1. The van der Waals surface area contributed by atoms with Gasteiger partial charge in [-0.15, -0.1) is 0 Å². The predicted octanol–water partition coefficient (Wildman–Crippen LogP) is 1.36. The third-order valence-electron chi connectivity index (χ3n) is 3.83. The molecule has 1 fully saturated rings. The van der Waals surface area contributed by atoms with Crippen LogP contribution in [0.1, 0.15) is 17.5 Å². The number of amides is 1. The lowest BCUT2D eigenvalue weighted by Crippen LogP contribution is -2.39. The molecule has 112 valence electrons. The summed E-state index contributed by atoms with van der Waals surface area (Å²) < 4.78 is 10.6. The molecule has 1 heterocycles. The average Bonchev–Trinajstić information content (AvgIpc) is 2.92. The minimum atomic E-state index is 0.0707. The van der Waals surface area contributed by atoms with Crippen molar-refractivity contribution < 1.29 is 14.3 Å². The third kappa shape index (κ3) is 3.81. The summed E-state index contributed by atoms with van der Waals surface area (Å²) in [5.41, 5.74) is 1.51. The molecule has 0 aliphatic carbocycles. The lowest BCUT2D eigenvalue weighted by atomic mass is 10.1. The first-order chi connectivity index (χ1) is 10.2. The van der Waals surface area contributed by atoms with Crippen molar-refractivity contribution in [3.63, 3.8) is 0 Å². The zero-order chi connectivity index (χ0) is 15.2. The molecule has 1 aliphatic rings. The summed E-state index contributed by atoms with van der Waals surface area (Å²) in [6.45, 7) is 1.14. The highest BCUT2D eigenvalue weighted by molar-refractivity contribution is 5.79. The average molecular weight is 288 g/mol. The van der Waals surface area contributed by atoms with Crippen LogP contribution in [0.15, 0.2) is 24.3 Å². The maximum Gasteiger partial charge on any atom is 0.227 e. The van der Waals surface area contributed by atoms with Crippen LogP contribution < -0.4 is 0 Å². The zero-order valence-corrected chi connectivity index (χ0v) is 12.4. The molecule has 5 nitrogen and oxygen atoms in total. The number of nitrogens with zero attached hydrogens (tertiary/aromatic N) is 2. The second-order valence-electron chi connectivity index (χ2n) is 5.23. The van der Waals surface area contributed by atoms with Gasteiger partial charge in [-0.2, -0.15) is 5.26 Å². The smallest absolute Gasteiger partial charge is 0.227 e. The van der Waals surface area contributed by atoms with E-state index in [0.717, 1.165) is 12.0 Å². The van der Waals surface area contributed by atoms with Gasteiger partial charge in [-0.1, -0.05) is 12.1 Å². The molecule has 5 heteroatoms. The van der Waals surface area contributed by atoms with Gasteiger partial charge >= 0.3 is 0 Å². The molecule has 1 saturated heterocycles. The Labute approximate surface area is 125 Å². The molecule has 2 rings (SSSR count). The number of ether oxygens (including phenoxy) is 2. The number of rotatable bonds is 5. The van der Waals surface area contributed by atoms with Gasteiger partial charge in [0.25, 0.3) is 0 Å². The molecule has 2 atom stereocenters. The largest absolute Gasteiger partial charge is 0.383 e. The van der Waals surface area contributed by atoms with E-state index in [1.54, 1.807) is 26.4 Å². The second-order valence-corrected chi connectivity index (χ2v) is 5.23. The van der Waals surface area contributed by atoms with Crippen LogP contribution in [0.2, 0.25) is 0 Å². The van der Waals surface area contributed by atoms with Crippen molar-refractivity contribution >= 4 is 5.91 Å². The molecule has 1 aromatic carbocycles. The van der Waals surface area contributed by atoms with Crippen LogP contribution >= 0.6 is 0 Å². The van der Waals surface area contributed by atoms with Crippen LogP contribution in [0.5, 0.6) is 0 Å². The topological polar surface area (TPSA) is 62.6 Å². The first kappa shape index (κ1) is 15.5. The Balaban J connectivity index is 2.02. The highest BCUT2D eigenvalue weighted by Gasteiger charge is 2.34. The second kappa shape index (κ2) is 7.21. The van der Waals surface area contributed by atoms with Gasteiger partial charge in [-0.05, 0) is 24.1 Å². The molecular weight excluding hydrogens is 268 g/mol. The van der Waals surface area contributed by atoms with Crippen LogP contribution in [0.25, 0.3) is 0 Å². The van der Waals surface area contributed by atoms with Crippen molar-refractivity contribution in [2.75, 3.05) is 27.4 Å². The van der Waals surface area contributed by atoms with Gasteiger partial charge in [-0.3, -0.25) is 4.79 Å². The molecule has 0 aromatic heterocycles.